The molecule has 1 unspecified atom stereocenters. The number of carbonyl (C=O) groups excluding carboxylic acids is 2. The molecule has 2 rings (SSSR count). The summed E-state index contributed by atoms with van der Waals surface area (Å²) in [6, 6.07) is 11.1. The van der Waals surface area contributed by atoms with Gasteiger partial charge < -0.3 is 10.1 Å². The molecule has 2 aromatic rings. The molecule has 0 aliphatic rings. The van der Waals surface area contributed by atoms with Crippen LogP contribution >= 0.6 is 23.2 Å². The van der Waals surface area contributed by atoms with Gasteiger partial charge in [-0.1, -0.05) is 37.0 Å². The SMILES string of the molecule is CCOc1ccc(/C=N/NC(=O)C(NC(=O)c2ccc(Cl)cc2Cl)C(C)C)cc1. The highest BCUT2D eigenvalue weighted by atomic mass is 35.5. The number of ether oxygens (including phenoxy) is 1. The number of nitrogens with one attached hydrogen (secondary N) is 2. The zero-order chi connectivity index (χ0) is 21.4. The van der Waals surface area contributed by atoms with Crippen molar-refractivity contribution in [3.63, 3.8) is 0 Å². The molecule has 2 aromatic carbocycles. The quantitative estimate of drug-likeness (QED) is 0.479. The van der Waals surface area contributed by atoms with Crippen LogP contribution in [0.3, 0.4) is 0 Å². The number of amides is 2. The number of halogens is 2. The molecule has 8 heteroatoms. The summed E-state index contributed by atoms with van der Waals surface area (Å²) in [4.78, 5) is 25.0. The van der Waals surface area contributed by atoms with Gasteiger partial charge in [0, 0.05) is 5.02 Å². The molecule has 154 valence electrons. The summed E-state index contributed by atoms with van der Waals surface area (Å²) in [7, 11) is 0. The fourth-order valence-electron chi connectivity index (χ4n) is 2.48. The van der Waals surface area contributed by atoms with Crippen LogP contribution in [0.25, 0.3) is 0 Å². The van der Waals surface area contributed by atoms with Crippen LogP contribution < -0.4 is 15.5 Å². The molecule has 0 heterocycles. The number of benzene rings is 2. The number of hydrazone groups is 1. The van der Waals surface area contributed by atoms with Crippen molar-refractivity contribution in [2.75, 3.05) is 6.61 Å². The van der Waals surface area contributed by atoms with Gasteiger partial charge in [0.05, 0.1) is 23.4 Å². The predicted octanol–water partition coefficient (Wildman–Crippen LogP) is 4.30. The van der Waals surface area contributed by atoms with Gasteiger partial charge in [-0.3, -0.25) is 9.59 Å². The van der Waals surface area contributed by atoms with Crippen LogP contribution in [0.5, 0.6) is 5.75 Å². The minimum atomic E-state index is -0.785. The second kappa shape index (κ2) is 10.8. The second-order valence-corrected chi connectivity index (χ2v) is 7.40. The summed E-state index contributed by atoms with van der Waals surface area (Å²) in [6.45, 7) is 6.15. The third-order valence-corrected chi connectivity index (χ3v) is 4.54. The van der Waals surface area contributed by atoms with Crippen LogP contribution in [0.1, 0.15) is 36.7 Å². The average molecular weight is 436 g/mol. The Morgan fingerprint density at radius 2 is 1.83 bits per heavy atom. The molecule has 0 aliphatic heterocycles. The predicted molar refractivity (Wildman–Crippen MR) is 116 cm³/mol. The summed E-state index contributed by atoms with van der Waals surface area (Å²) in [5.41, 5.74) is 3.50. The van der Waals surface area contributed by atoms with Crippen molar-refractivity contribution >= 4 is 41.2 Å². The van der Waals surface area contributed by atoms with Crippen molar-refractivity contribution in [3.8, 4) is 5.75 Å². The molecular weight excluding hydrogens is 413 g/mol. The molecule has 0 saturated heterocycles. The minimum Gasteiger partial charge on any atom is -0.494 e. The van der Waals surface area contributed by atoms with E-state index in [1.54, 1.807) is 6.07 Å². The van der Waals surface area contributed by atoms with Crippen molar-refractivity contribution in [3.05, 3.63) is 63.6 Å². The van der Waals surface area contributed by atoms with E-state index < -0.39 is 17.9 Å². The number of nitrogens with zero attached hydrogens (tertiary/aromatic N) is 1. The lowest BCUT2D eigenvalue weighted by molar-refractivity contribution is -0.123. The zero-order valence-electron chi connectivity index (χ0n) is 16.4. The first-order chi connectivity index (χ1) is 13.8. The summed E-state index contributed by atoms with van der Waals surface area (Å²) < 4.78 is 5.38. The Labute approximate surface area is 180 Å². The largest absolute Gasteiger partial charge is 0.494 e. The molecule has 0 radical (unpaired) electrons. The van der Waals surface area contributed by atoms with Crippen LogP contribution in [0.15, 0.2) is 47.6 Å². The van der Waals surface area contributed by atoms with Crippen molar-refractivity contribution in [1.82, 2.24) is 10.7 Å². The Morgan fingerprint density at radius 1 is 1.14 bits per heavy atom. The third kappa shape index (κ3) is 6.76. The molecule has 2 amide bonds. The number of hydrogen-bond acceptors (Lipinski definition) is 4. The first-order valence-electron chi connectivity index (χ1n) is 9.13. The van der Waals surface area contributed by atoms with E-state index in [1.807, 2.05) is 45.0 Å². The molecule has 0 bridgehead atoms. The van der Waals surface area contributed by atoms with Crippen LogP contribution in [0.2, 0.25) is 10.0 Å². The van der Waals surface area contributed by atoms with Crippen molar-refractivity contribution in [2.45, 2.75) is 26.8 Å². The standard InChI is InChI=1S/C21H23Cl2N3O3/c1-4-29-16-8-5-14(6-9-16)12-24-26-21(28)19(13(2)3)25-20(27)17-10-7-15(22)11-18(17)23/h5-13,19H,4H2,1-3H3,(H,25,27)(H,26,28)/b24-12+. The van der Waals surface area contributed by atoms with Gasteiger partial charge >= 0.3 is 0 Å². The molecular formula is C21H23Cl2N3O3. The Balaban J connectivity index is 2.00. The van der Waals surface area contributed by atoms with Crippen LogP contribution in [0.4, 0.5) is 0 Å². The number of hydrogen-bond donors (Lipinski definition) is 2. The van der Waals surface area contributed by atoms with E-state index in [0.717, 1.165) is 11.3 Å². The van der Waals surface area contributed by atoms with Gasteiger partial charge in [-0.25, -0.2) is 5.43 Å². The van der Waals surface area contributed by atoms with Crippen LogP contribution in [-0.2, 0) is 4.79 Å². The highest BCUT2D eigenvalue weighted by Crippen LogP contribution is 2.21. The van der Waals surface area contributed by atoms with Gasteiger partial charge in [0.1, 0.15) is 11.8 Å². The highest BCUT2D eigenvalue weighted by Gasteiger charge is 2.25. The Hall–Kier alpha value is -2.57. The van der Waals surface area contributed by atoms with Gasteiger partial charge in [0.2, 0.25) is 0 Å². The van der Waals surface area contributed by atoms with Crippen molar-refractivity contribution < 1.29 is 14.3 Å². The number of carbonyl (C=O) groups is 2. The lowest BCUT2D eigenvalue weighted by atomic mass is 10.0. The molecule has 1 atom stereocenters. The van der Waals surface area contributed by atoms with E-state index in [0.29, 0.717) is 11.6 Å². The molecule has 6 nitrogen and oxygen atoms in total. The molecule has 0 aliphatic carbocycles. The van der Waals surface area contributed by atoms with E-state index in [4.69, 9.17) is 27.9 Å². The van der Waals surface area contributed by atoms with E-state index in [9.17, 15) is 9.59 Å². The van der Waals surface area contributed by atoms with E-state index in [2.05, 4.69) is 15.8 Å². The average Bonchev–Trinajstić information content (AvgIpc) is 2.67. The zero-order valence-corrected chi connectivity index (χ0v) is 17.9. The second-order valence-electron chi connectivity index (χ2n) is 6.56. The molecule has 0 aromatic heterocycles. The maximum absolute atomic E-state index is 12.5. The van der Waals surface area contributed by atoms with Crippen molar-refractivity contribution in [2.24, 2.45) is 11.0 Å². The van der Waals surface area contributed by atoms with Gasteiger partial charge in [-0.2, -0.15) is 5.10 Å². The van der Waals surface area contributed by atoms with Crippen LogP contribution in [-0.4, -0.2) is 30.7 Å². The number of rotatable bonds is 8. The summed E-state index contributed by atoms with van der Waals surface area (Å²) in [5.74, 6) is -0.292. The van der Waals surface area contributed by atoms with Gasteiger partial charge in [-0.05, 0) is 60.9 Å². The summed E-state index contributed by atoms with van der Waals surface area (Å²) >= 11 is 11.9. The van der Waals surface area contributed by atoms with Crippen LogP contribution in [0, 0.1) is 5.92 Å². The lowest BCUT2D eigenvalue weighted by Crippen LogP contribution is -2.48. The summed E-state index contributed by atoms with van der Waals surface area (Å²) in [5, 5.41) is 7.30. The molecule has 2 N–H and O–H groups in total. The maximum Gasteiger partial charge on any atom is 0.262 e. The first-order valence-corrected chi connectivity index (χ1v) is 9.89. The minimum absolute atomic E-state index is 0.161. The Morgan fingerprint density at radius 3 is 2.41 bits per heavy atom. The Bertz CT molecular complexity index is 883. The third-order valence-electron chi connectivity index (χ3n) is 3.99. The maximum atomic E-state index is 12.5. The van der Waals surface area contributed by atoms with E-state index in [-0.39, 0.29) is 16.5 Å². The Kier molecular flexibility index (Phi) is 8.49. The fourth-order valence-corrected chi connectivity index (χ4v) is 2.98. The normalized spacial score (nSPS) is 12.1. The monoisotopic (exact) mass is 435 g/mol. The lowest BCUT2D eigenvalue weighted by Gasteiger charge is -2.20. The highest BCUT2D eigenvalue weighted by molar-refractivity contribution is 6.36. The topological polar surface area (TPSA) is 79.8 Å². The smallest absolute Gasteiger partial charge is 0.262 e. The van der Waals surface area contributed by atoms with Crippen molar-refractivity contribution in [1.29, 1.82) is 0 Å². The van der Waals surface area contributed by atoms with Gasteiger partial charge in [-0.15, -0.1) is 0 Å². The molecule has 0 fully saturated rings. The van der Waals surface area contributed by atoms with Gasteiger partial charge in [0.25, 0.3) is 11.8 Å². The van der Waals surface area contributed by atoms with E-state index >= 15 is 0 Å². The summed E-state index contributed by atoms with van der Waals surface area (Å²) in [6.07, 6.45) is 1.52. The molecule has 0 spiro atoms. The molecule has 29 heavy (non-hydrogen) atoms. The first kappa shape index (κ1) is 22.7. The van der Waals surface area contributed by atoms with E-state index in [1.165, 1.54) is 18.3 Å². The van der Waals surface area contributed by atoms with Gasteiger partial charge in [0.15, 0.2) is 0 Å². The molecule has 0 saturated carbocycles. The fraction of sp³-hybridized carbons (Fsp3) is 0.286.